The van der Waals surface area contributed by atoms with Crippen LogP contribution in [0.25, 0.3) is 0 Å². The average molecular weight is 363 g/mol. The maximum Gasteiger partial charge on any atom is 0.162 e. The number of hydrogen-bond donors (Lipinski definition) is 0. The van der Waals surface area contributed by atoms with Crippen molar-refractivity contribution in [3.8, 4) is 0 Å². The normalized spacial score (nSPS) is 29.7. The molecule has 2 saturated carbocycles. The van der Waals surface area contributed by atoms with Crippen molar-refractivity contribution in [1.29, 1.82) is 0 Å². The van der Waals surface area contributed by atoms with Gasteiger partial charge in [-0.1, -0.05) is 64.0 Å². The summed E-state index contributed by atoms with van der Waals surface area (Å²) in [6.45, 7) is 2.28. The van der Waals surface area contributed by atoms with E-state index >= 15 is 0 Å². The molecule has 0 unspecified atom stereocenters. The van der Waals surface area contributed by atoms with Crippen LogP contribution in [0.1, 0.15) is 102 Å². The standard InChI is InChI=1S/C24H36F2/c1-2-3-4-5-7-18-10-12-19(13-11-18)20-14-16-21(17-15-20)22-8-6-9-23(25)24(22)26/h6,8-9,18-21H,2-5,7,10-17H2,1H3/t18-,19-,20-,21-. The van der Waals surface area contributed by atoms with Gasteiger partial charge in [-0.2, -0.15) is 0 Å². The zero-order chi connectivity index (χ0) is 18.4. The maximum absolute atomic E-state index is 14.1. The van der Waals surface area contributed by atoms with Crippen molar-refractivity contribution in [2.24, 2.45) is 17.8 Å². The summed E-state index contributed by atoms with van der Waals surface area (Å²) in [5, 5.41) is 0. The number of benzene rings is 1. The summed E-state index contributed by atoms with van der Waals surface area (Å²) in [4.78, 5) is 0. The van der Waals surface area contributed by atoms with Gasteiger partial charge in [-0.05, 0) is 73.8 Å². The summed E-state index contributed by atoms with van der Waals surface area (Å²) in [6.07, 6.45) is 17.1. The van der Waals surface area contributed by atoms with Gasteiger partial charge in [0.15, 0.2) is 11.6 Å². The summed E-state index contributed by atoms with van der Waals surface area (Å²) in [5.41, 5.74) is 0.610. The molecule has 1 aromatic rings. The molecule has 0 aliphatic heterocycles. The van der Waals surface area contributed by atoms with Crippen LogP contribution in [0.4, 0.5) is 8.78 Å². The average Bonchev–Trinajstić information content (AvgIpc) is 2.68. The maximum atomic E-state index is 14.1. The zero-order valence-electron chi connectivity index (χ0n) is 16.5. The van der Waals surface area contributed by atoms with E-state index in [1.54, 1.807) is 12.1 Å². The number of hydrogen-bond acceptors (Lipinski definition) is 0. The minimum atomic E-state index is -0.693. The Balaban J connectivity index is 1.41. The molecule has 2 aliphatic carbocycles. The van der Waals surface area contributed by atoms with Crippen molar-refractivity contribution in [3.05, 3.63) is 35.4 Å². The van der Waals surface area contributed by atoms with E-state index in [1.807, 2.05) is 0 Å². The lowest BCUT2D eigenvalue weighted by atomic mass is 9.68. The van der Waals surface area contributed by atoms with Gasteiger partial charge in [-0.25, -0.2) is 8.78 Å². The highest BCUT2D eigenvalue weighted by Gasteiger charge is 2.32. The van der Waals surface area contributed by atoms with Gasteiger partial charge in [-0.15, -0.1) is 0 Å². The first-order chi connectivity index (χ1) is 12.7. The summed E-state index contributed by atoms with van der Waals surface area (Å²) in [5.74, 6) is 1.60. The molecule has 0 bridgehead atoms. The monoisotopic (exact) mass is 362 g/mol. The third kappa shape index (κ3) is 5.08. The molecule has 26 heavy (non-hydrogen) atoms. The van der Waals surface area contributed by atoms with E-state index < -0.39 is 11.6 Å². The topological polar surface area (TPSA) is 0 Å². The highest BCUT2D eigenvalue weighted by atomic mass is 19.2. The lowest BCUT2D eigenvalue weighted by Crippen LogP contribution is -2.25. The van der Waals surface area contributed by atoms with E-state index in [4.69, 9.17) is 0 Å². The van der Waals surface area contributed by atoms with Gasteiger partial charge >= 0.3 is 0 Å². The van der Waals surface area contributed by atoms with Gasteiger partial charge < -0.3 is 0 Å². The van der Waals surface area contributed by atoms with Gasteiger partial charge in [0.05, 0.1) is 0 Å². The van der Waals surface area contributed by atoms with Crippen molar-refractivity contribution in [2.45, 2.75) is 96.3 Å². The molecule has 0 spiro atoms. The first-order valence-electron chi connectivity index (χ1n) is 11.1. The van der Waals surface area contributed by atoms with Crippen LogP contribution >= 0.6 is 0 Å². The Kier molecular flexibility index (Phi) is 7.52. The van der Waals surface area contributed by atoms with Crippen LogP contribution in [-0.2, 0) is 0 Å². The van der Waals surface area contributed by atoms with Crippen LogP contribution < -0.4 is 0 Å². The Bertz CT molecular complexity index is 537. The van der Waals surface area contributed by atoms with Crippen molar-refractivity contribution in [1.82, 2.24) is 0 Å². The summed E-state index contributed by atoms with van der Waals surface area (Å²) in [6, 6.07) is 4.67. The van der Waals surface area contributed by atoms with Crippen molar-refractivity contribution in [3.63, 3.8) is 0 Å². The third-order valence-corrected chi connectivity index (χ3v) is 7.22. The highest BCUT2D eigenvalue weighted by Crippen LogP contribution is 2.45. The summed E-state index contributed by atoms with van der Waals surface area (Å²) < 4.78 is 27.6. The van der Waals surface area contributed by atoms with Crippen molar-refractivity contribution < 1.29 is 8.78 Å². The minimum absolute atomic E-state index is 0.219. The van der Waals surface area contributed by atoms with Crippen molar-refractivity contribution in [2.75, 3.05) is 0 Å². The van der Waals surface area contributed by atoms with Crippen LogP contribution in [0, 0.1) is 29.4 Å². The molecular weight excluding hydrogens is 326 g/mol. The van der Waals surface area contributed by atoms with Crippen LogP contribution in [-0.4, -0.2) is 0 Å². The minimum Gasteiger partial charge on any atom is -0.204 e. The first kappa shape index (κ1) is 19.8. The van der Waals surface area contributed by atoms with E-state index in [1.165, 1.54) is 76.7 Å². The molecule has 146 valence electrons. The van der Waals surface area contributed by atoms with E-state index in [2.05, 4.69) is 6.92 Å². The summed E-state index contributed by atoms with van der Waals surface area (Å²) in [7, 11) is 0. The second-order valence-corrected chi connectivity index (χ2v) is 8.88. The predicted octanol–water partition coefficient (Wildman–Crippen LogP) is 8.02. The molecule has 2 aliphatic rings. The molecule has 0 nitrogen and oxygen atoms in total. The van der Waals surface area contributed by atoms with E-state index in [0.29, 0.717) is 5.56 Å². The number of unbranched alkanes of at least 4 members (excludes halogenated alkanes) is 3. The van der Waals surface area contributed by atoms with Gasteiger partial charge in [0.1, 0.15) is 0 Å². The van der Waals surface area contributed by atoms with Crippen LogP contribution in [0.5, 0.6) is 0 Å². The smallest absolute Gasteiger partial charge is 0.162 e. The van der Waals surface area contributed by atoms with Gasteiger partial charge in [0.2, 0.25) is 0 Å². The largest absolute Gasteiger partial charge is 0.204 e. The van der Waals surface area contributed by atoms with Gasteiger partial charge in [0.25, 0.3) is 0 Å². The van der Waals surface area contributed by atoms with E-state index in [9.17, 15) is 8.78 Å². The van der Waals surface area contributed by atoms with Crippen LogP contribution in [0.3, 0.4) is 0 Å². The zero-order valence-corrected chi connectivity index (χ0v) is 16.5. The fraction of sp³-hybridized carbons (Fsp3) is 0.750. The second-order valence-electron chi connectivity index (χ2n) is 8.88. The van der Waals surface area contributed by atoms with Gasteiger partial charge in [-0.3, -0.25) is 0 Å². The molecule has 0 saturated heterocycles. The Hall–Kier alpha value is -0.920. The molecule has 3 rings (SSSR count). The Morgan fingerprint density at radius 3 is 2.12 bits per heavy atom. The lowest BCUT2D eigenvalue weighted by Gasteiger charge is -2.38. The van der Waals surface area contributed by atoms with Gasteiger partial charge in [0, 0.05) is 0 Å². The molecule has 0 radical (unpaired) electrons. The molecule has 1 aromatic carbocycles. The molecule has 2 heteroatoms. The van der Waals surface area contributed by atoms with E-state index in [-0.39, 0.29) is 5.92 Å². The predicted molar refractivity (Wildman–Crippen MR) is 105 cm³/mol. The SMILES string of the molecule is CCCCCC[C@H]1CC[C@H]([C@H]2CC[C@H](c3cccc(F)c3F)CC2)CC1. The fourth-order valence-electron chi connectivity index (χ4n) is 5.55. The highest BCUT2D eigenvalue weighted by molar-refractivity contribution is 5.23. The molecule has 0 aromatic heterocycles. The molecule has 0 amide bonds. The lowest BCUT2D eigenvalue weighted by molar-refractivity contribution is 0.155. The second kappa shape index (κ2) is 9.85. The quantitative estimate of drug-likeness (QED) is 0.431. The molecular formula is C24H36F2. The summed E-state index contributed by atoms with van der Waals surface area (Å²) >= 11 is 0. The van der Waals surface area contributed by atoms with E-state index in [0.717, 1.165) is 30.6 Å². The Morgan fingerprint density at radius 2 is 1.46 bits per heavy atom. The Morgan fingerprint density at radius 1 is 0.808 bits per heavy atom. The molecule has 2 fully saturated rings. The molecule has 0 heterocycles. The number of halogens is 2. The number of rotatable bonds is 7. The Labute approximate surface area is 158 Å². The van der Waals surface area contributed by atoms with Crippen LogP contribution in [0.2, 0.25) is 0 Å². The fourth-order valence-corrected chi connectivity index (χ4v) is 5.55. The van der Waals surface area contributed by atoms with Crippen molar-refractivity contribution >= 4 is 0 Å². The molecule has 0 atom stereocenters. The van der Waals surface area contributed by atoms with Crippen LogP contribution in [0.15, 0.2) is 18.2 Å². The molecule has 0 N–H and O–H groups in total. The first-order valence-corrected chi connectivity index (χ1v) is 11.1. The third-order valence-electron chi connectivity index (χ3n) is 7.22.